The van der Waals surface area contributed by atoms with Gasteiger partial charge in [0.1, 0.15) is 4.90 Å². The van der Waals surface area contributed by atoms with Crippen LogP contribution in [0.4, 0.5) is 5.69 Å². The van der Waals surface area contributed by atoms with Gasteiger partial charge < -0.3 is 10.3 Å². The number of hydrogen-bond acceptors (Lipinski definition) is 3. The van der Waals surface area contributed by atoms with Gasteiger partial charge in [-0.3, -0.25) is 4.72 Å². The van der Waals surface area contributed by atoms with Crippen LogP contribution in [-0.4, -0.2) is 13.0 Å². The lowest BCUT2D eigenvalue weighted by molar-refractivity contribution is 0.600. The molecule has 0 bridgehead atoms. The van der Waals surface area contributed by atoms with E-state index in [1.165, 1.54) is 0 Å². The van der Waals surface area contributed by atoms with Gasteiger partial charge in [0.25, 0.3) is 10.0 Å². The van der Waals surface area contributed by atoms with Crippen molar-refractivity contribution in [1.29, 1.82) is 0 Å². The highest BCUT2D eigenvalue weighted by Gasteiger charge is 2.28. The van der Waals surface area contributed by atoms with Gasteiger partial charge in [0.05, 0.1) is 10.7 Å². The first kappa shape index (κ1) is 14.4. The molecule has 1 aromatic heterocycles. The van der Waals surface area contributed by atoms with E-state index in [1.807, 2.05) is 4.57 Å². The summed E-state index contributed by atoms with van der Waals surface area (Å²) in [5, 5.41) is 0.363. The highest BCUT2D eigenvalue weighted by molar-refractivity contribution is 7.92. The van der Waals surface area contributed by atoms with E-state index in [0.29, 0.717) is 23.3 Å². The molecule has 2 aromatic rings. The van der Waals surface area contributed by atoms with Crippen LogP contribution in [0.5, 0.6) is 0 Å². The summed E-state index contributed by atoms with van der Waals surface area (Å²) in [4.78, 5) is 0.217. The topological polar surface area (TPSA) is 77.1 Å². The molecule has 1 saturated carbocycles. The highest BCUT2D eigenvalue weighted by atomic mass is 35.5. The van der Waals surface area contributed by atoms with E-state index in [1.54, 1.807) is 36.5 Å². The Kier molecular flexibility index (Phi) is 3.69. The number of sulfonamides is 1. The number of hydrogen-bond donors (Lipinski definition) is 2. The second kappa shape index (κ2) is 5.36. The molecule has 0 radical (unpaired) electrons. The molecular formula is C14H16ClN3O2S. The molecule has 0 amide bonds. The van der Waals surface area contributed by atoms with E-state index >= 15 is 0 Å². The van der Waals surface area contributed by atoms with Crippen molar-refractivity contribution in [3.63, 3.8) is 0 Å². The predicted molar refractivity (Wildman–Crippen MR) is 82.9 cm³/mol. The molecule has 112 valence electrons. The van der Waals surface area contributed by atoms with Gasteiger partial charge in [0.2, 0.25) is 0 Å². The Balaban J connectivity index is 1.93. The minimum absolute atomic E-state index is 0.217. The average molecular weight is 326 g/mol. The number of aromatic nitrogens is 1. The Morgan fingerprint density at radius 1 is 1.33 bits per heavy atom. The largest absolute Gasteiger partial charge is 0.346 e. The molecule has 0 saturated heterocycles. The molecule has 1 fully saturated rings. The van der Waals surface area contributed by atoms with E-state index in [9.17, 15) is 8.42 Å². The molecule has 3 rings (SSSR count). The number of anilines is 1. The van der Waals surface area contributed by atoms with E-state index in [2.05, 4.69) is 4.72 Å². The van der Waals surface area contributed by atoms with Crippen LogP contribution < -0.4 is 10.5 Å². The Bertz CT molecular complexity index is 766. The zero-order valence-electron chi connectivity index (χ0n) is 11.3. The molecule has 3 N–H and O–H groups in total. The van der Waals surface area contributed by atoms with Crippen molar-refractivity contribution in [3.05, 3.63) is 47.2 Å². The lowest BCUT2D eigenvalue weighted by atomic mass is 10.3. The predicted octanol–water partition coefficient (Wildman–Crippen LogP) is 2.74. The fraction of sp³-hybridized carbons (Fsp3) is 0.286. The van der Waals surface area contributed by atoms with Crippen molar-refractivity contribution in [1.82, 2.24) is 4.57 Å². The number of nitrogens with two attached hydrogens (primary N) is 1. The SMILES string of the molecule is NCc1cc(S(=O)(=O)Nc2ccccc2Cl)cn1C1CC1. The fourth-order valence-corrected chi connectivity index (χ4v) is 3.62. The van der Waals surface area contributed by atoms with Crippen LogP contribution in [0, 0.1) is 0 Å². The molecule has 0 atom stereocenters. The Morgan fingerprint density at radius 3 is 2.67 bits per heavy atom. The minimum atomic E-state index is -3.66. The maximum atomic E-state index is 12.5. The van der Waals surface area contributed by atoms with E-state index in [-0.39, 0.29) is 4.90 Å². The molecular weight excluding hydrogens is 310 g/mol. The Hall–Kier alpha value is -1.50. The summed E-state index contributed by atoms with van der Waals surface area (Å²) in [6.07, 6.45) is 3.79. The lowest BCUT2D eigenvalue weighted by Crippen LogP contribution is -2.12. The van der Waals surface area contributed by atoms with Crippen molar-refractivity contribution in [2.75, 3.05) is 4.72 Å². The van der Waals surface area contributed by atoms with E-state index in [0.717, 1.165) is 18.5 Å². The minimum Gasteiger partial charge on any atom is -0.346 e. The van der Waals surface area contributed by atoms with Crippen molar-refractivity contribution >= 4 is 27.3 Å². The molecule has 0 spiro atoms. The molecule has 1 aliphatic carbocycles. The molecule has 0 unspecified atom stereocenters. The van der Waals surface area contributed by atoms with E-state index < -0.39 is 10.0 Å². The summed E-state index contributed by atoms with van der Waals surface area (Å²) >= 11 is 5.99. The third-order valence-electron chi connectivity index (χ3n) is 3.48. The van der Waals surface area contributed by atoms with Gasteiger partial charge in [-0.15, -0.1) is 0 Å². The molecule has 0 aliphatic heterocycles. The first-order valence-corrected chi connectivity index (χ1v) is 8.55. The number of nitrogens with one attached hydrogen (secondary N) is 1. The van der Waals surface area contributed by atoms with Crippen molar-refractivity contribution < 1.29 is 8.42 Å². The van der Waals surface area contributed by atoms with Gasteiger partial charge in [-0.1, -0.05) is 23.7 Å². The van der Waals surface area contributed by atoms with Gasteiger partial charge in [0.15, 0.2) is 0 Å². The Morgan fingerprint density at radius 2 is 2.05 bits per heavy atom. The summed E-state index contributed by atoms with van der Waals surface area (Å²) in [5.41, 5.74) is 6.89. The van der Waals surface area contributed by atoms with Gasteiger partial charge in [0, 0.05) is 24.5 Å². The third-order valence-corrected chi connectivity index (χ3v) is 5.15. The van der Waals surface area contributed by atoms with Crippen LogP contribution in [0.3, 0.4) is 0 Å². The van der Waals surface area contributed by atoms with Crippen LogP contribution >= 0.6 is 11.6 Å². The lowest BCUT2D eigenvalue weighted by Gasteiger charge is -2.07. The van der Waals surface area contributed by atoms with Crippen LogP contribution in [-0.2, 0) is 16.6 Å². The summed E-state index contributed by atoms with van der Waals surface area (Å²) in [5.74, 6) is 0. The van der Waals surface area contributed by atoms with Gasteiger partial charge in [-0.2, -0.15) is 0 Å². The average Bonchev–Trinajstić information content (AvgIpc) is 3.19. The van der Waals surface area contributed by atoms with Crippen molar-refractivity contribution in [2.45, 2.75) is 30.3 Å². The maximum Gasteiger partial charge on any atom is 0.263 e. The second-order valence-electron chi connectivity index (χ2n) is 5.10. The van der Waals surface area contributed by atoms with Gasteiger partial charge >= 0.3 is 0 Å². The Labute approximate surface area is 128 Å². The number of para-hydroxylation sites is 1. The number of rotatable bonds is 5. The molecule has 1 aliphatic rings. The van der Waals surface area contributed by atoms with Crippen LogP contribution in [0.2, 0.25) is 5.02 Å². The molecule has 1 heterocycles. The fourth-order valence-electron chi connectivity index (χ4n) is 2.25. The monoisotopic (exact) mass is 325 g/mol. The first-order chi connectivity index (χ1) is 10.0. The molecule has 7 heteroatoms. The standard InChI is InChI=1S/C14H16ClN3O2S/c15-13-3-1-2-4-14(13)17-21(19,20)12-7-11(8-16)18(9-12)10-5-6-10/h1-4,7,9-10,17H,5-6,8,16H2. The maximum absolute atomic E-state index is 12.5. The highest BCUT2D eigenvalue weighted by Crippen LogP contribution is 2.37. The summed E-state index contributed by atoms with van der Waals surface area (Å²) < 4.78 is 29.4. The first-order valence-electron chi connectivity index (χ1n) is 6.69. The zero-order valence-corrected chi connectivity index (χ0v) is 12.9. The summed E-state index contributed by atoms with van der Waals surface area (Å²) in [6.45, 7) is 0.318. The number of nitrogens with zero attached hydrogens (tertiary/aromatic N) is 1. The molecule has 21 heavy (non-hydrogen) atoms. The zero-order chi connectivity index (χ0) is 15.0. The van der Waals surface area contributed by atoms with Crippen LogP contribution in [0.1, 0.15) is 24.6 Å². The third kappa shape index (κ3) is 2.92. The van der Waals surface area contributed by atoms with Crippen molar-refractivity contribution in [3.8, 4) is 0 Å². The summed E-state index contributed by atoms with van der Waals surface area (Å²) in [7, 11) is -3.66. The molecule has 1 aromatic carbocycles. The van der Waals surface area contributed by atoms with Crippen LogP contribution in [0.25, 0.3) is 0 Å². The summed E-state index contributed by atoms with van der Waals surface area (Å²) in [6, 6.07) is 8.74. The van der Waals surface area contributed by atoms with Gasteiger partial charge in [-0.25, -0.2) is 8.42 Å². The second-order valence-corrected chi connectivity index (χ2v) is 7.18. The van der Waals surface area contributed by atoms with Crippen LogP contribution in [0.15, 0.2) is 41.4 Å². The quantitative estimate of drug-likeness (QED) is 0.887. The number of halogens is 1. The van der Waals surface area contributed by atoms with E-state index in [4.69, 9.17) is 17.3 Å². The number of benzene rings is 1. The normalized spacial score (nSPS) is 15.1. The molecule has 5 nitrogen and oxygen atoms in total. The van der Waals surface area contributed by atoms with Gasteiger partial charge in [-0.05, 0) is 31.0 Å². The van der Waals surface area contributed by atoms with Crippen molar-refractivity contribution in [2.24, 2.45) is 5.73 Å². The smallest absolute Gasteiger partial charge is 0.263 e.